The van der Waals surface area contributed by atoms with Crippen molar-refractivity contribution >= 4 is 34.8 Å². The number of ether oxygens (including phenoxy) is 1. The standard InChI is InChI=1S/C15H13Cl3O/c1-19-12-5-2-10(3-6-12)8-14(17)11-4-7-13(16)15(18)9-11/h2-7,9,14H,8H2,1H3. The maximum absolute atomic E-state index is 6.41. The maximum atomic E-state index is 6.41. The number of benzene rings is 2. The van der Waals surface area contributed by atoms with Crippen molar-refractivity contribution < 1.29 is 4.74 Å². The predicted molar refractivity (Wildman–Crippen MR) is 81.8 cm³/mol. The van der Waals surface area contributed by atoms with E-state index in [4.69, 9.17) is 39.5 Å². The number of hydrogen-bond donors (Lipinski definition) is 0. The Morgan fingerprint density at radius 3 is 2.26 bits per heavy atom. The molecule has 0 bridgehead atoms. The molecule has 0 spiro atoms. The molecule has 0 N–H and O–H groups in total. The van der Waals surface area contributed by atoms with Crippen LogP contribution in [-0.4, -0.2) is 7.11 Å². The molecule has 0 aromatic heterocycles. The van der Waals surface area contributed by atoms with E-state index in [9.17, 15) is 0 Å². The summed E-state index contributed by atoms with van der Waals surface area (Å²) < 4.78 is 5.12. The third-order valence-corrected chi connectivity index (χ3v) is 4.02. The average molecular weight is 316 g/mol. The van der Waals surface area contributed by atoms with Gasteiger partial charge < -0.3 is 4.74 Å². The van der Waals surface area contributed by atoms with E-state index in [1.165, 1.54) is 0 Å². The van der Waals surface area contributed by atoms with Crippen molar-refractivity contribution in [2.45, 2.75) is 11.8 Å². The van der Waals surface area contributed by atoms with Crippen LogP contribution in [0.4, 0.5) is 0 Å². The van der Waals surface area contributed by atoms with E-state index in [2.05, 4.69) is 0 Å². The second kappa shape index (κ2) is 6.51. The Kier molecular flexibility index (Phi) is 4.98. The Morgan fingerprint density at radius 2 is 1.68 bits per heavy atom. The molecule has 0 radical (unpaired) electrons. The first-order chi connectivity index (χ1) is 9.10. The molecule has 2 aromatic rings. The molecule has 100 valence electrons. The average Bonchev–Trinajstić information content (AvgIpc) is 2.42. The Hall–Kier alpha value is -0.890. The zero-order valence-corrected chi connectivity index (χ0v) is 12.6. The molecule has 0 saturated heterocycles. The lowest BCUT2D eigenvalue weighted by molar-refractivity contribution is 0.414. The maximum Gasteiger partial charge on any atom is 0.118 e. The van der Waals surface area contributed by atoms with Crippen molar-refractivity contribution in [3.8, 4) is 5.75 Å². The third-order valence-electron chi connectivity index (χ3n) is 2.88. The van der Waals surface area contributed by atoms with E-state index in [1.54, 1.807) is 13.2 Å². The van der Waals surface area contributed by atoms with Gasteiger partial charge in [0.2, 0.25) is 0 Å². The molecule has 19 heavy (non-hydrogen) atoms. The van der Waals surface area contributed by atoms with Gasteiger partial charge in [-0.05, 0) is 41.8 Å². The van der Waals surface area contributed by atoms with Gasteiger partial charge in [0.25, 0.3) is 0 Å². The fourth-order valence-corrected chi connectivity index (χ4v) is 2.41. The van der Waals surface area contributed by atoms with E-state index in [0.717, 1.165) is 23.3 Å². The molecule has 0 heterocycles. The number of alkyl halides is 1. The van der Waals surface area contributed by atoms with Gasteiger partial charge in [0.15, 0.2) is 0 Å². The molecule has 2 rings (SSSR count). The summed E-state index contributed by atoms with van der Waals surface area (Å²) in [5.74, 6) is 0.837. The second-order valence-electron chi connectivity index (χ2n) is 4.19. The minimum atomic E-state index is -0.136. The molecule has 1 unspecified atom stereocenters. The van der Waals surface area contributed by atoms with Gasteiger partial charge in [-0.2, -0.15) is 0 Å². The van der Waals surface area contributed by atoms with Crippen LogP contribution >= 0.6 is 34.8 Å². The monoisotopic (exact) mass is 314 g/mol. The Bertz CT molecular complexity index is 552. The number of hydrogen-bond acceptors (Lipinski definition) is 1. The van der Waals surface area contributed by atoms with E-state index >= 15 is 0 Å². The molecule has 1 atom stereocenters. The first kappa shape index (κ1) is 14.5. The molecular formula is C15H13Cl3O. The van der Waals surface area contributed by atoms with Gasteiger partial charge in [-0.3, -0.25) is 0 Å². The van der Waals surface area contributed by atoms with Gasteiger partial charge in [0, 0.05) is 0 Å². The molecular weight excluding hydrogens is 303 g/mol. The van der Waals surface area contributed by atoms with Crippen LogP contribution < -0.4 is 4.74 Å². The van der Waals surface area contributed by atoms with Crippen molar-refractivity contribution in [3.05, 3.63) is 63.6 Å². The molecule has 0 fully saturated rings. The molecule has 0 saturated carbocycles. The Balaban J connectivity index is 2.10. The van der Waals surface area contributed by atoms with Crippen LogP contribution in [0.25, 0.3) is 0 Å². The zero-order chi connectivity index (χ0) is 13.8. The summed E-state index contributed by atoms with van der Waals surface area (Å²) >= 11 is 18.3. The number of halogens is 3. The normalized spacial score (nSPS) is 12.2. The molecule has 4 heteroatoms. The summed E-state index contributed by atoms with van der Waals surface area (Å²) in [6.45, 7) is 0. The quantitative estimate of drug-likeness (QED) is 0.675. The lowest BCUT2D eigenvalue weighted by Crippen LogP contribution is -1.96. The first-order valence-electron chi connectivity index (χ1n) is 5.82. The van der Waals surface area contributed by atoms with Crippen molar-refractivity contribution in [1.29, 1.82) is 0 Å². The molecule has 0 aliphatic heterocycles. The first-order valence-corrected chi connectivity index (χ1v) is 7.01. The van der Waals surface area contributed by atoms with Gasteiger partial charge in [-0.15, -0.1) is 11.6 Å². The van der Waals surface area contributed by atoms with E-state index in [-0.39, 0.29) is 5.38 Å². The van der Waals surface area contributed by atoms with Crippen molar-refractivity contribution in [2.75, 3.05) is 7.11 Å². The van der Waals surface area contributed by atoms with E-state index < -0.39 is 0 Å². The highest BCUT2D eigenvalue weighted by atomic mass is 35.5. The van der Waals surface area contributed by atoms with Gasteiger partial charge in [0.05, 0.1) is 22.5 Å². The zero-order valence-electron chi connectivity index (χ0n) is 10.4. The highest BCUT2D eigenvalue weighted by Crippen LogP contribution is 2.30. The third kappa shape index (κ3) is 3.79. The van der Waals surface area contributed by atoms with Crippen LogP contribution in [0.5, 0.6) is 5.75 Å². The summed E-state index contributed by atoms with van der Waals surface area (Å²) in [5.41, 5.74) is 2.11. The van der Waals surface area contributed by atoms with E-state index in [0.29, 0.717) is 10.0 Å². The van der Waals surface area contributed by atoms with Gasteiger partial charge in [0.1, 0.15) is 5.75 Å². The Labute approximate surface area is 128 Å². The van der Waals surface area contributed by atoms with Gasteiger partial charge in [-0.25, -0.2) is 0 Å². The highest BCUT2D eigenvalue weighted by molar-refractivity contribution is 6.42. The smallest absolute Gasteiger partial charge is 0.118 e. The topological polar surface area (TPSA) is 9.23 Å². The van der Waals surface area contributed by atoms with Crippen LogP contribution in [0.2, 0.25) is 10.0 Å². The minimum Gasteiger partial charge on any atom is -0.497 e. The van der Waals surface area contributed by atoms with Crippen LogP contribution in [0.3, 0.4) is 0 Å². The SMILES string of the molecule is COc1ccc(CC(Cl)c2ccc(Cl)c(Cl)c2)cc1. The lowest BCUT2D eigenvalue weighted by atomic mass is 10.0. The highest BCUT2D eigenvalue weighted by Gasteiger charge is 2.11. The van der Waals surface area contributed by atoms with E-state index in [1.807, 2.05) is 36.4 Å². The summed E-state index contributed by atoms with van der Waals surface area (Å²) in [5, 5.41) is 0.932. The molecule has 0 aliphatic rings. The summed E-state index contributed by atoms with van der Waals surface area (Å²) in [6, 6.07) is 13.3. The predicted octanol–water partition coefficient (Wildman–Crippen LogP) is 5.52. The number of rotatable bonds is 4. The van der Waals surface area contributed by atoms with Crippen LogP contribution in [-0.2, 0) is 6.42 Å². The molecule has 2 aromatic carbocycles. The fourth-order valence-electron chi connectivity index (χ4n) is 1.79. The number of methoxy groups -OCH3 is 1. The molecule has 1 nitrogen and oxygen atoms in total. The largest absolute Gasteiger partial charge is 0.497 e. The summed E-state index contributed by atoms with van der Waals surface area (Å²) in [4.78, 5) is 0. The molecule has 0 aliphatic carbocycles. The Morgan fingerprint density at radius 1 is 1.00 bits per heavy atom. The van der Waals surface area contributed by atoms with Crippen molar-refractivity contribution in [1.82, 2.24) is 0 Å². The molecule has 0 amide bonds. The van der Waals surface area contributed by atoms with Crippen LogP contribution in [0.15, 0.2) is 42.5 Å². The summed E-state index contributed by atoms with van der Waals surface area (Å²) in [6.07, 6.45) is 0.726. The second-order valence-corrected chi connectivity index (χ2v) is 5.53. The van der Waals surface area contributed by atoms with Gasteiger partial charge >= 0.3 is 0 Å². The van der Waals surface area contributed by atoms with Crippen molar-refractivity contribution in [3.63, 3.8) is 0 Å². The fraction of sp³-hybridized carbons (Fsp3) is 0.200. The minimum absolute atomic E-state index is 0.136. The van der Waals surface area contributed by atoms with Gasteiger partial charge in [-0.1, -0.05) is 41.4 Å². The van der Waals surface area contributed by atoms with Crippen LogP contribution in [0.1, 0.15) is 16.5 Å². The summed E-state index contributed by atoms with van der Waals surface area (Å²) in [7, 11) is 1.65. The van der Waals surface area contributed by atoms with Crippen molar-refractivity contribution in [2.24, 2.45) is 0 Å². The van der Waals surface area contributed by atoms with Crippen LogP contribution in [0, 0.1) is 0 Å². The lowest BCUT2D eigenvalue weighted by Gasteiger charge is -2.11.